The molecule has 0 atom stereocenters. The zero-order chi connectivity index (χ0) is 22.4. The molecule has 0 spiro atoms. The minimum absolute atomic E-state index is 0.105. The van der Waals surface area contributed by atoms with E-state index >= 15 is 0 Å². The van der Waals surface area contributed by atoms with Crippen LogP contribution in [0.4, 0.5) is 17.1 Å². The third-order valence-electron chi connectivity index (χ3n) is 4.04. The molecule has 31 heavy (non-hydrogen) atoms. The Morgan fingerprint density at radius 2 is 1.68 bits per heavy atom. The van der Waals surface area contributed by atoms with E-state index in [4.69, 9.17) is 9.47 Å². The fraction of sp³-hybridized carbons (Fsp3) is 0.0952. The molecule has 0 aliphatic carbocycles. The van der Waals surface area contributed by atoms with Gasteiger partial charge in [0.25, 0.3) is 5.69 Å². The number of ether oxygens (including phenoxy) is 2. The maximum atomic E-state index is 11.3. The van der Waals surface area contributed by atoms with Crippen molar-refractivity contribution < 1.29 is 19.3 Å². The van der Waals surface area contributed by atoms with Crippen LogP contribution in [0, 0.1) is 20.2 Å². The number of nitro groups is 2. The lowest BCUT2D eigenvalue weighted by Crippen LogP contribution is -1.96. The van der Waals surface area contributed by atoms with E-state index in [9.17, 15) is 20.2 Å². The van der Waals surface area contributed by atoms with Gasteiger partial charge in [-0.2, -0.15) is 0 Å². The molecule has 0 amide bonds. The predicted octanol–water partition coefficient (Wildman–Crippen LogP) is 6.21. The van der Waals surface area contributed by atoms with Crippen molar-refractivity contribution in [3.05, 3.63) is 90.9 Å². The Hall–Kier alpha value is -3.79. The smallest absolute Gasteiger partial charge is 0.318 e. The normalized spacial score (nSPS) is 10.8. The minimum Gasteiger partial charge on any atom is -0.494 e. The van der Waals surface area contributed by atoms with Crippen molar-refractivity contribution in [1.82, 2.24) is 0 Å². The molecule has 0 N–H and O–H groups in total. The third kappa shape index (κ3) is 5.64. The van der Waals surface area contributed by atoms with Crippen LogP contribution < -0.4 is 9.47 Å². The van der Waals surface area contributed by atoms with Crippen LogP contribution in [0.15, 0.2) is 70.1 Å². The Labute approximate surface area is 185 Å². The van der Waals surface area contributed by atoms with Crippen LogP contribution in [0.5, 0.6) is 17.2 Å². The molecule has 9 nitrogen and oxygen atoms in total. The van der Waals surface area contributed by atoms with Gasteiger partial charge in [-0.05, 0) is 76.9 Å². The third-order valence-corrected chi connectivity index (χ3v) is 4.66. The van der Waals surface area contributed by atoms with Crippen molar-refractivity contribution in [3.63, 3.8) is 0 Å². The lowest BCUT2D eigenvalue weighted by atomic mass is 10.2. The maximum Gasteiger partial charge on any atom is 0.318 e. The summed E-state index contributed by atoms with van der Waals surface area (Å²) in [5.74, 6) is 0.980. The van der Waals surface area contributed by atoms with E-state index in [1.807, 2.05) is 31.2 Å². The van der Waals surface area contributed by atoms with E-state index in [0.717, 1.165) is 29.1 Å². The molecule has 0 bridgehead atoms. The summed E-state index contributed by atoms with van der Waals surface area (Å²) in [6.07, 6.45) is 1.67. The number of hydrogen-bond acceptors (Lipinski definition) is 7. The molecule has 0 aliphatic rings. The second-order valence-corrected chi connectivity index (χ2v) is 7.00. The molecule has 0 saturated carbocycles. The number of nitro benzene ring substituents is 2. The van der Waals surface area contributed by atoms with Crippen molar-refractivity contribution in [3.8, 4) is 17.2 Å². The first-order valence-corrected chi connectivity index (χ1v) is 9.84. The first kappa shape index (κ1) is 21.9. The number of benzene rings is 3. The van der Waals surface area contributed by atoms with Crippen LogP contribution in [-0.2, 0) is 0 Å². The van der Waals surface area contributed by atoms with E-state index in [0.29, 0.717) is 16.8 Å². The highest BCUT2D eigenvalue weighted by molar-refractivity contribution is 9.10. The summed E-state index contributed by atoms with van der Waals surface area (Å²) in [4.78, 5) is 25.1. The van der Waals surface area contributed by atoms with Gasteiger partial charge in [0.2, 0.25) is 5.75 Å². The molecule has 3 aromatic rings. The number of aliphatic imine (C=N–C) groups is 1. The summed E-state index contributed by atoms with van der Waals surface area (Å²) < 4.78 is 11.6. The monoisotopic (exact) mass is 485 g/mol. The van der Waals surface area contributed by atoms with Crippen molar-refractivity contribution in [2.24, 2.45) is 4.99 Å². The minimum atomic E-state index is -0.728. The summed E-state index contributed by atoms with van der Waals surface area (Å²) in [6.45, 7) is 2.51. The lowest BCUT2D eigenvalue weighted by molar-refractivity contribution is -0.394. The fourth-order valence-electron chi connectivity index (χ4n) is 2.59. The van der Waals surface area contributed by atoms with Crippen molar-refractivity contribution in [2.75, 3.05) is 6.61 Å². The van der Waals surface area contributed by atoms with Gasteiger partial charge < -0.3 is 9.47 Å². The van der Waals surface area contributed by atoms with Gasteiger partial charge in [-0.25, -0.2) is 0 Å². The Morgan fingerprint density at radius 3 is 2.29 bits per heavy atom. The average Bonchev–Trinajstić information content (AvgIpc) is 2.75. The van der Waals surface area contributed by atoms with Gasteiger partial charge in [0, 0.05) is 12.3 Å². The predicted molar refractivity (Wildman–Crippen MR) is 119 cm³/mol. The summed E-state index contributed by atoms with van der Waals surface area (Å²) in [5.41, 5.74) is 0.633. The molecule has 3 aromatic carbocycles. The van der Waals surface area contributed by atoms with Crippen LogP contribution >= 0.6 is 15.9 Å². The molecule has 10 heteroatoms. The zero-order valence-electron chi connectivity index (χ0n) is 16.2. The highest BCUT2D eigenvalue weighted by Gasteiger charge is 2.21. The SMILES string of the molecule is CCOc1ccc(N=Cc2ccc(Oc3ccc([N+](=O)[O-])cc3[N+](=O)[O-])c(Br)c2)cc1. The molecular formula is C21H16BrN3O6. The molecule has 158 valence electrons. The summed E-state index contributed by atoms with van der Waals surface area (Å²) >= 11 is 3.38. The standard InChI is InChI=1S/C21H16BrN3O6/c1-2-30-17-7-4-15(5-8-17)23-13-14-3-9-20(18(22)11-14)31-21-10-6-16(24(26)27)12-19(21)25(28)29/h3-13H,2H2,1H3. The largest absolute Gasteiger partial charge is 0.494 e. The van der Waals surface area contributed by atoms with Gasteiger partial charge in [0.15, 0.2) is 0 Å². The van der Waals surface area contributed by atoms with Gasteiger partial charge in [-0.1, -0.05) is 0 Å². The van der Waals surface area contributed by atoms with Crippen molar-refractivity contribution in [1.29, 1.82) is 0 Å². The van der Waals surface area contributed by atoms with E-state index in [1.54, 1.807) is 24.4 Å². The first-order chi connectivity index (χ1) is 14.9. The quantitative estimate of drug-likeness (QED) is 0.212. The van der Waals surface area contributed by atoms with Gasteiger partial charge in [0.05, 0.1) is 32.7 Å². The number of hydrogen-bond donors (Lipinski definition) is 0. The second-order valence-electron chi connectivity index (χ2n) is 6.14. The molecule has 0 saturated heterocycles. The molecule has 0 aliphatic heterocycles. The first-order valence-electron chi connectivity index (χ1n) is 9.04. The molecular weight excluding hydrogens is 470 g/mol. The van der Waals surface area contributed by atoms with Crippen LogP contribution in [0.2, 0.25) is 0 Å². The number of rotatable bonds is 8. The van der Waals surface area contributed by atoms with Gasteiger partial charge >= 0.3 is 5.69 Å². The highest BCUT2D eigenvalue weighted by atomic mass is 79.9. The van der Waals surface area contributed by atoms with Crippen molar-refractivity contribution >= 4 is 39.2 Å². The van der Waals surface area contributed by atoms with E-state index < -0.39 is 15.5 Å². The summed E-state index contributed by atoms with van der Waals surface area (Å²) in [6, 6.07) is 15.6. The molecule has 0 radical (unpaired) electrons. The molecule has 0 unspecified atom stereocenters. The Kier molecular flexibility index (Phi) is 6.93. The van der Waals surface area contributed by atoms with Gasteiger partial charge in [-0.15, -0.1) is 0 Å². The summed E-state index contributed by atoms with van der Waals surface area (Å²) in [7, 11) is 0. The topological polar surface area (TPSA) is 117 Å². The maximum absolute atomic E-state index is 11.3. The fourth-order valence-corrected chi connectivity index (χ4v) is 3.07. The number of halogens is 1. The molecule has 3 rings (SSSR count). The Morgan fingerprint density at radius 1 is 0.968 bits per heavy atom. The number of non-ortho nitro benzene ring substituents is 1. The van der Waals surface area contributed by atoms with Crippen LogP contribution in [0.1, 0.15) is 12.5 Å². The van der Waals surface area contributed by atoms with E-state index in [-0.39, 0.29) is 11.4 Å². The molecule has 0 aromatic heterocycles. The Balaban J connectivity index is 1.78. The van der Waals surface area contributed by atoms with E-state index in [2.05, 4.69) is 20.9 Å². The van der Waals surface area contributed by atoms with Gasteiger partial charge in [0.1, 0.15) is 11.5 Å². The second kappa shape index (κ2) is 9.81. The van der Waals surface area contributed by atoms with Crippen LogP contribution in [0.3, 0.4) is 0 Å². The summed E-state index contributed by atoms with van der Waals surface area (Å²) in [5, 5.41) is 22.1. The number of nitrogens with zero attached hydrogens (tertiary/aromatic N) is 3. The zero-order valence-corrected chi connectivity index (χ0v) is 17.8. The Bertz CT molecular complexity index is 1150. The molecule has 0 heterocycles. The van der Waals surface area contributed by atoms with E-state index in [1.165, 1.54) is 6.07 Å². The van der Waals surface area contributed by atoms with Crippen LogP contribution in [0.25, 0.3) is 0 Å². The average molecular weight is 486 g/mol. The van der Waals surface area contributed by atoms with Crippen molar-refractivity contribution in [2.45, 2.75) is 6.92 Å². The lowest BCUT2D eigenvalue weighted by Gasteiger charge is -2.09. The highest BCUT2D eigenvalue weighted by Crippen LogP contribution is 2.37. The van der Waals surface area contributed by atoms with Gasteiger partial charge in [-0.3, -0.25) is 25.2 Å². The molecule has 0 fully saturated rings. The van der Waals surface area contributed by atoms with Crippen LogP contribution in [-0.4, -0.2) is 22.7 Å².